The smallest absolute Gasteiger partial charge is 0.354 e. The molecule has 67 heavy (non-hydrogen) atoms. The van der Waals surface area contributed by atoms with Gasteiger partial charge in [0.05, 0.1) is 0 Å². The highest BCUT2D eigenvalue weighted by Crippen LogP contribution is 2.54. The number of fused-ring (bicyclic) bond motifs is 1. The fourth-order valence-electron chi connectivity index (χ4n) is 9.34. The molecule has 14 nitrogen and oxygen atoms in total. The van der Waals surface area contributed by atoms with Crippen LogP contribution in [0.4, 0.5) is 13.2 Å². The molecule has 0 unspecified atom stereocenters. The second kappa shape index (κ2) is 20.8. The maximum atomic E-state index is 14.7. The van der Waals surface area contributed by atoms with Gasteiger partial charge in [0.15, 0.2) is 0 Å². The fourth-order valence-corrected chi connectivity index (χ4v) is 9.73. The summed E-state index contributed by atoms with van der Waals surface area (Å²) >= 11 is 12.8. The molecule has 1 saturated heterocycles. The number of halogens is 5. The van der Waals surface area contributed by atoms with E-state index in [0.717, 1.165) is 4.90 Å². The number of likely N-dealkylation sites (N-methyl/N-ethyl adjacent to an activating group) is 2. The molecule has 2 heterocycles. The second-order valence-corrected chi connectivity index (χ2v) is 20.4. The van der Waals surface area contributed by atoms with Gasteiger partial charge in [-0.25, -0.2) is 0 Å². The standard InChI is InChI=1S/C48H62Cl2F3N7O7/c1-27(2)22-34-42(64)59(6)36(25-31-23-32(49)17-18-33(31)50)41(63)57-46(3,4)44(66)54-21-10-9-14-35(39(61)55-34)58(5)43(65)38(28-15-16-28)56-40(62)37-24-29-12-7-8-13-30(29)26-60(37)45(67)47(19-11-20-47)48(51,52)53/h7-8,12-13,17-18,23,27-28,34-38H,9-11,14-16,19-22,24-26H2,1-6H3,(H,54,66)(H,55,61)(H,56,62)(H,57,63)/t34-,35-,36-,37-,38-/m0/s1. The van der Waals surface area contributed by atoms with Crippen LogP contribution in [0.1, 0.15) is 102 Å². The lowest BCUT2D eigenvalue weighted by molar-refractivity contribution is -0.249. The monoisotopic (exact) mass is 975 g/mol. The third-order valence-corrected chi connectivity index (χ3v) is 14.4. The van der Waals surface area contributed by atoms with E-state index in [9.17, 15) is 46.7 Å². The Morgan fingerprint density at radius 3 is 2.22 bits per heavy atom. The van der Waals surface area contributed by atoms with Gasteiger partial charge in [0.1, 0.15) is 41.2 Å². The summed E-state index contributed by atoms with van der Waals surface area (Å²) in [6.07, 6.45) is -3.47. The first-order chi connectivity index (χ1) is 31.4. The molecule has 3 fully saturated rings. The Labute approximate surface area is 399 Å². The van der Waals surface area contributed by atoms with Crippen molar-refractivity contribution < 1.29 is 46.7 Å². The molecule has 19 heteroatoms. The average molecular weight is 977 g/mol. The third-order valence-electron chi connectivity index (χ3n) is 13.8. The first kappa shape index (κ1) is 51.5. The van der Waals surface area contributed by atoms with E-state index < -0.39 is 88.7 Å². The van der Waals surface area contributed by atoms with Gasteiger partial charge in [-0.1, -0.05) is 67.7 Å². The molecule has 2 aromatic carbocycles. The lowest BCUT2D eigenvalue weighted by atomic mass is 9.66. The Bertz CT molecular complexity index is 2230. The Balaban J connectivity index is 1.28. The van der Waals surface area contributed by atoms with Gasteiger partial charge in [0.25, 0.3) is 0 Å². The fraction of sp³-hybridized carbons (Fsp3) is 0.604. The summed E-state index contributed by atoms with van der Waals surface area (Å²) in [5, 5.41) is 12.0. The summed E-state index contributed by atoms with van der Waals surface area (Å²) in [7, 11) is 2.85. The zero-order chi connectivity index (χ0) is 49.2. The maximum absolute atomic E-state index is 14.7. The number of nitrogens with one attached hydrogen (secondary N) is 4. The number of alkyl halides is 3. The number of nitrogens with zero attached hydrogens (tertiary/aromatic N) is 3. The van der Waals surface area contributed by atoms with E-state index in [-0.39, 0.29) is 69.9 Å². The van der Waals surface area contributed by atoms with E-state index in [0.29, 0.717) is 52.4 Å². The number of hydrogen-bond acceptors (Lipinski definition) is 7. The minimum atomic E-state index is -4.82. The normalized spacial score (nSPS) is 24.4. The molecule has 366 valence electrons. The Kier molecular flexibility index (Phi) is 16.0. The highest BCUT2D eigenvalue weighted by Gasteiger charge is 2.65. The predicted molar refractivity (Wildman–Crippen MR) is 245 cm³/mol. The molecule has 2 saturated carbocycles. The minimum absolute atomic E-state index is 0.0593. The van der Waals surface area contributed by atoms with Crippen LogP contribution in [0, 0.1) is 17.3 Å². The quantitative estimate of drug-likeness (QED) is 0.243. The lowest BCUT2D eigenvalue weighted by Crippen LogP contribution is -2.63. The largest absolute Gasteiger partial charge is 0.403 e. The third kappa shape index (κ3) is 11.5. The van der Waals surface area contributed by atoms with Gasteiger partial charge in [0, 0.05) is 50.1 Å². The van der Waals surface area contributed by atoms with Gasteiger partial charge in [-0.05, 0) is 112 Å². The zero-order valence-corrected chi connectivity index (χ0v) is 40.4. The number of amides is 7. The summed E-state index contributed by atoms with van der Waals surface area (Å²) in [4.78, 5) is 103. The summed E-state index contributed by atoms with van der Waals surface area (Å²) in [6.45, 7) is 6.76. The highest BCUT2D eigenvalue weighted by molar-refractivity contribution is 6.33. The number of carbonyl (C=O) groups excluding carboxylic acids is 7. The Morgan fingerprint density at radius 2 is 1.61 bits per heavy atom. The summed E-state index contributed by atoms with van der Waals surface area (Å²) in [5.41, 5.74) is -2.22. The van der Waals surface area contributed by atoms with Crippen LogP contribution in [0.15, 0.2) is 42.5 Å². The van der Waals surface area contributed by atoms with Gasteiger partial charge in [0.2, 0.25) is 41.4 Å². The van der Waals surface area contributed by atoms with Crippen molar-refractivity contribution in [1.29, 1.82) is 0 Å². The van der Waals surface area contributed by atoms with Crippen LogP contribution < -0.4 is 21.3 Å². The second-order valence-electron chi connectivity index (χ2n) is 19.6. The first-order valence-electron chi connectivity index (χ1n) is 23.1. The van der Waals surface area contributed by atoms with Crippen molar-refractivity contribution in [3.63, 3.8) is 0 Å². The van der Waals surface area contributed by atoms with Crippen LogP contribution in [0.2, 0.25) is 10.0 Å². The molecule has 4 N–H and O–H groups in total. The van der Waals surface area contributed by atoms with Crippen LogP contribution in [0.25, 0.3) is 0 Å². The van der Waals surface area contributed by atoms with E-state index in [1.54, 1.807) is 42.5 Å². The van der Waals surface area contributed by atoms with Crippen molar-refractivity contribution in [2.75, 3.05) is 20.6 Å². The van der Waals surface area contributed by atoms with E-state index in [1.807, 2.05) is 13.8 Å². The maximum Gasteiger partial charge on any atom is 0.403 e. The molecule has 0 radical (unpaired) electrons. The van der Waals surface area contributed by atoms with Crippen LogP contribution in [-0.4, -0.2) is 119 Å². The molecule has 0 bridgehead atoms. The molecule has 5 atom stereocenters. The number of hydrogen-bond donors (Lipinski definition) is 4. The number of carbonyl (C=O) groups is 7. The van der Waals surface area contributed by atoms with Crippen LogP contribution >= 0.6 is 23.2 Å². The molecule has 0 spiro atoms. The molecule has 2 aliphatic carbocycles. The predicted octanol–water partition coefficient (Wildman–Crippen LogP) is 5.50. The van der Waals surface area contributed by atoms with Gasteiger partial charge in [-0.15, -0.1) is 0 Å². The molecular formula is C48H62Cl2F3N7O7. The zero-order valence-electron chi connectivity index (χ0n) is 38.9. The van der Waals surface area contributed by atoms with E-state index in [1.165, 1.54) is 37.7 Å². The molecular weight excluding hydrogens is 914 g/mol. The van der Waals surface area contributed by atoms with Crippen molar-refractivity contribution in [3.05, 3.63) is 69.2 Å². The number of rotatable bonds is 10. The van der Waals surface area contributed by atoms with Crippen LogP contribution in [0.5, 0.6) is 0 Å². The Hall–Kier alpha value is -4.90. The topological polar surface area (TPSA) is 177 Å². The molecule has 0 aromatic heterocycles. The first-order valence-corrected chi connectivity index (χ1v) is 23.8. The minimum Gasteiger partial charge on any atom is -0.354 e. The molecule has 7 amide bonds. The van der Waals surface area contributed by atoms with E-state index in [2.05, 4.69) is 21.3 Å². The lowest BCUT2D eigenvalue weighted by Gasteiger charge is -2.47. The Morgan fingerprint density at radius 1 is 0.940 bits per heavy atom. The van der Waals surface area contributed by atoms with Crippen molar-refractivity contribution in [2.45, 2.75) is 147 Å². The van der Waals surface area contributed by atoms with E-state index >= 15 is 0 Å². The molecule has 2 aliphatic heterocycles. The van der Waals surface area contributed by atoms with Crippen LogP contribution in [-0.2, 0) is 52.9 Å². The molecule has 6 rings (SSSR count). The van der Waals surface area contributed by atoms with Gasteiger partial charge >= 0.3 is 6.18 Å². The van der Waals surface area contributed by atoms with E-state index in [4.69, 9.17) is 23.2 Å². The summed E-state index contributed by atoms with van der Waals surface area (Å²) in [5.74, 6) is -5.48. The number of benzene rings is 2. The summed E-state index contributed by atoms with van der Waals surface area (Å²) in [6, 6.07) is 5.57. The van der Waals surface area contributed by atoms with Gasteiger partial charge in [-0.2, -0.15) is 13.2 Å². The highest BCUT2D eigenvalue weighted by atomic mass is 35.5. The van der Waals surface area contributed by atoms with Crippen molar-refractivity contribution in [2.24, 2.45) is 17.3 Å². The SMILES string of the molecule is CC(C)C[C@@H]1NC(=O)[C@@H](N(C)C(=O)[C@@H](NC(=O)[C@@H]2Cc3ccccc3CN2C(=O)C2(C(F)(F)F)CCC2)C2CC2)CCCCNC(=O)C(C)(C)NC(=O)[C@H](Cc2cc(Cl)ccc2Cl)N(C)C1=O. The van der Waals surface area contributed by atoms with Gasteiger partial charge in [-0.3, -0.25) is 33.6 Å². The van der Waals surface area contributed by atoms with Crippen molar-refractivity contribution in [3.8, 4) is 0 Å². The van der Waals surface area contributed by atoms with Crippen LogP contribution in [0.3, 0.4) is 0 Å². The van der Waals surface area contributed by atoms with Gasteiger partial charge < -0.3 is 36.0 Å². The average Bonchev–Trinajstić information content (AvgIpc) is 4.09. The van der Waals surface area contributed by atoms with Crippen molar-refractivity contribution in [1.82, 2.24) is 36.0 Å². The van der Waals surface area contributed by atoms with Crippen molar-refractivity contribution >= 4 is 64.6 Å². The summed E-state index contributed by atoms with van der Waals surface area (Å²) < 4.78 is 43.6. The molecule has 4 aliphatic rings. The molecule has 2 aromatic rings.